The molecule has 1 aromatic carbocycles. The highest BCUT2D eigenvalue weighted by Crippen LogP contribution is 2.27. The van der Waals surface area contributed by atoms with Crippen molar-refractivity contribution in [2.75, 3.05) is 14.3 Å². The van der Waals surface area contributed by atoms with E-state index in [-0.39, 0.29) is 0 Å². The predicted octanol–water partition coefficient (Wildman–Crippen LogP) is 3.93. The average molecular weight is 336 g/mol. The smallest absolute Gasteiger partial charge is 0.151 e. The third-order valence-electron chi connectivity index (χ3n) is 3.36. The van der Waals surface area contributed by atoms with Crippen molar-refractivity contribution in [3.63, 3.8) is 0 Å². The van der Waals surface area contributed by atoms with Gasteiger partial charge in [-0.05, 0) is 49.1 Å². The summed E-state index contributed by atoms with van der Waals surface area (Å²) in [6.07, 6.45) is 8.25. The molecule has 0 aliphatic carbocycles. The second-order valence-electron chi connectivity index (χ2n) is 4.98. The first-order valence-electron chi connectivity index (χ1n) is 7.77. The lowest BCUT2D eigenvalue weighted by Crippen LogP contribution is -2.25. The van der Waals surface area contributed by atoms with Crippen molar-refractivity contribution >= 4 is 5.57 Å². The van der Waals surface area contributed by atoms with Gasteiger partial charge in [0, 0.05) is 13.3 Å². The molecule has 4 nitrogen and oxygen atoms in total. The van der Waals surface area contributed by atoms with Crippen molar-refractivity contribution in [1.29, 1.82) is 0 Å². The fourth-order valence-electron chi connectivity index (χ4n) is 2.13. The van der Waals surface area contributed by atoms with Gasteiger partial charge in [0.15, 0.2) is 6.29 Å². The highest BCUT2D eigenvalue weighted by molar-refractivity contribution is 5.72. The summed E-state index contributed by atoms with van der Waals surface area (Å²) in [4.78, 5) is 0. The van der Waals surface area contributed by atoms with Crippen molar-refractivity contribution < 1.29 is 14.2 Å². The molecule has 1 atom stereocenters. The molecule has 1 aliphatic rings. The Morgan fingerprint density at radius 1 is 1.29 bits per heavy atom. The van der Waals surface area contributed by atoms with Crippen LogP contribution in [0, 0.1) is 6.92 Å². The lowest BCUT2D eigenvalue weighted by atomic mass is 9.96. The maximum Gasteiger partial charge on any atom is 0.151 e. The molecule has 1 aromatic rings. The monoisotopic (exact) mass is 336 g/mol. The van der Waals surface area contributed by atoms with Crippen LogP contribution in [0.2, 0.25) is 0 Å². The van der Waals surface area contributed by atoms with E-state index in [1.165, 1.54) is 23.8 Å². The Morgan fingerprint density at radius 3 is 2.33 bits per heavy atom. The van der Waals surface area contributed by atoms with Gasteiger partial charge in [-0.1, -0.05) is 37.3 Å². The quantitative estimate of drug-likeness (QED) is 0.648. The first-order valence-corrected chi connectivity index (χ1v) is 7.77. The van der Waals surface area contributed by atoms with Crippen LogP contribution >= 0.6 is 0 Å². The number of hydrogen-bond acceptors (Lipinski definition) is 4. The second kappa shape index (κ2) is 12.5. The number of aliphatic hydroxyl groups is 1. The Balaban J connectivity index is 0.000000650. The second-order valence-corrected chi connectivity index (χ2v) is 4.98. The summed E-state index contributed by atoms with van der Waals surface area (Å²) in [6.45, 7) is 5.85. The maximum atomic E-state index is 9.50. The van der Waals surface area contributed by atoms with E-state index < -0.39 is 6.29 Å². The number of methoxy groups -OCH3 is 1. The van der Waals surface area contributed by atoms with E-state index >= 15 is 0 Å². The molecule has 3 N–H and O–H groups in total. The number of aliphatic hydroxyl groups excluding tert-OH is 1. The number of nitrogens with zero attached hydrogens (tertiary/aromatic N) is 1. The van der Waals surface area contributed by atoms with Crippen molar-refractivity contribution in [3.8, 4) is 0 Å². The number of allylic oxidation sites excluding steroid dienone is 4. The molecule has 0 bridgehead atoms. The Kier molecular flexibility index (Phi) is 11.5. The maximum absolute atomic E-state index is 9.50. The molecule has 0 amide bonds. The minimum absolute atomic E-state index is 0.500. The number of aryl methyl sites for hydroxylation is 1. The summed E-state index contributed by atoms with van der Waals surface area (Å²) in [5.74, 6) is 5.98. The van der Waals surface area contributed by atoms with E-state index in [4.69, 9.17) is 10.9 Å². The van der Waals surface area contributed by atoms with E-state index in [2.05, 4.69) is 48.9 Å². The van der Waals surface area contributed by atoms with E-state index in [1.54, 1.807) is 11.9 Å². The number of nitrogens with two attached hydrogens (primary N) is 1. The summed E-state index contributed by atoms with van der Waals surface area (Å²) < 4.78 is 13.8. The van der Waals surface area contributed by atoms with Crippen molar-refractivity contribution in [2.45, 2.75) is 33.5 Å². The SMILES string of the molecule is CC/C(=C1/C=CC=CN1N)c1ccccc1C.CF.COC(C)O. The van der Waals surface area contributed by atoms with Gasteiger partial charge in [-0.2, -0.15) is 0 Å². The molecule has 2 rings (SSSR count). The summed E-state index contributed by atoms with van der Waals surface area (Å²) >= 11 is 0. The molecular weight excluding hydrogens is 307 g/mol. The zero-order valence-corrected chi connectivity index (χ0v) is 15.2. The summed E-state index contributed by atoms with van der Waals surface area (Å²) in [5.41, 5.74) is 4.92. The van der Waals surface area contributed by atoms with E-state index in [0.29, 0.717) is 7.18 Å². The summed E-state index contributed by atoms with van der Waals surface area (Å²) in [5, 5.41) is 9.82. The van der Waals surface area contributed by atoms with Crippen molar-refractivity contribution in [1.82, 2.24) is 5.01 Å². The molecular formula is C19H29FN2O2. The van der Waals surface area contributed by atoms with Gasteiger partial charge in [0.25, 0.3) is 0 Å². The predicted molar refractivity (Wildman–Crippen MR) is 98.4 cm³/mol. The molecule has 134 valence electrons. The van der Waals surface area contributed by atoms with Crippen LogP contribution in [0.4, 0.5) is 4.39 Å². The Morgan fingerprint density at radius 2 is 1.88 bits per heavy atom. The lowest BCUT2D eigenvalue weighted by molar-refractivity contribution is -0.0583. The van der Waals surface area contributed by atoms with E-state index in [9.17, 15) is 4.39 Å². The van der Waals surface area contributed by atoms with Gasteiger partial charge in [-0.3, -0.25) is 9.40 Å². The van der Waals surface area contributed by atoms with Crippen molar-refractivity contribution in [3.05, 3.63) is 65.5 Å². The van der Waals surface area contributed by atoms with Crippen LogP contribution in [-0.2, 0) is 4.74 Å². The van der Waals surface area contributed by atoms with Crippen LogP contribution in [0.15, 0.2) is 54.4 Å². The Hall–Kier alpha value is -1.95. The number of benzene rings is 1. The Labute approximate surface area is 144 Å². The van der Waals surface area contributed by atoms with Gasteiger partial charge in [0.2, 0.25) is 0 Å². The van der Waals surface area contributed by atoms with Gasteiger partial charge in [-0.15, -0.1) is 0 Å². The molecule has 0 fully saturated rings. The van der Waals surface area contributed by atoms with Gasteiger partial charge < -0.3 is 9.84 Å². The number of halogens is 1. The Bertz CT molecular complexity index is 566. The van der Waals surface area contributed by atoms with Crippen LogP contribution in [0.1, 0.15) is 31.4 Å². The average Bonchev–Trinajstić information content (AvgIpc) is 2.61. The zero-order valence-electron chi connectivity index (χ0n) is 15.2. The molecule has 5 heteroatoms. The summed E-state index contributed by atoms with van der Waals surface area (Å²) in [7, 11) is 1.95. The van der Waals surface area contributed by atoms with Crippen LogP contribution in [0.3, 0.4) is 0 Å². The number of rotatable bonds is 3. The minimum Gasteiger partial charge on any atom is -0.368 e. The topological polar surface area (TPSA) is 58.7 Å². The van der Waals surface area contributed by atoms with Crippen LogP contribution in [-0.4, -0.2) is 30.7 Å². The van der Waals surface area contributed by atoms with E-state index in [1.807, 2.05) is 18.4 Å². The lowest BCUT2D eigenvalue weighted by Gasteiger charge is -2.22. The number of ether oxygens (including phenoxy) is 1. The van der Waals surface area contributed by atoms with Gasteiger partial charge in [-0.25, -0.2) is 5.84 Å². The van der Waals surface area contributed by atoms with E-state index in [0.717, 1.165) is 12.1 Å². The zero-order chi connectivity index (χ0) is 18.5. The van der Waals surface area contributed by atoms with Crippen LogP contribution in [0.5, 0.6) is 0 Å². The molecule has 1 heterocycles. The van der Waals surface area contributed by atoms with Crippen molar-refractivity contribution in [2.24, 2.45) is 5.84 Å². The molecule has 1 unspecified atom stereocenters. The largest absolute Gasteiger partial charge is 0.368 e. The normalized spacial score (nSPS) is 15.8. The van der Waals surface area contributed by atoms with Gasteiger partial charge in [0.1, 0.15) is 0 Å². The molecule has 0 radical (unpaired) electrons. The summed E-state index contributed by atoms with van der Waals surface area (Å²) in [6, 6.07) is 8.42. The third kappa shape index (κ3) is 7.08. The number of alkyl halides is 1. The molecule has 0 saturated heterocycles. The van der Waals surface area contributed by atoms with Crippen LogP contribution in [0.25, 0.3) is 5.57 Å². The van der Waals surface area contributed by atoms with Gasteiger partial charge in [0.05, 0.1) is 12.9 Å². The molecule has 24 heavy (non-hydrogen) atoms. The first kappa shape index (κ1) is 22.1. The standard InChI is InChI=1S/C15H18N2.C3H8O2.CH3F/c1-3-13(14-9-5-4-8-12(14)2)15-10-6-7-11-17(15)16;1-3(4)5-2;1-2/h4-11H,3,16H2,1-2H3;3-4H,1-2H3;1H3/b15-13+;;. The number of hydrogen-bond donors (Lipinski definition) is 2. The van der Waals surface area contributed by atoms with Gasteiger partial charge >= 0.3 is 0 Å². The fraction of sp³-hybridized carbons (Fsp3) is 0.368. The first-order chi connectivity index (χ1) is 11.5. The molecule has 0 saturated carbocycles. The molecule has 0 aromatic heterocycles. The highest BCUT2D eigenvalue weighted by atomic mass is 19.1. The molecule has 0 spiro atoms. The third-order valence-corrected chi connectivity index (χ3v) is 3.36. The number of hydrazine groups is 1. The minimum atomic E-state index is -0.616. The molecule has 1 aliphatic heterocycles. The fourth-order valence-corrected chi connectivity index (χ4v) is 2.13. The highest BCUT2D eigenvalue weighted by Gasteiger charge is 2.11. The van der Waals surface area contributed by atoms with Crippen LogP contribution < -0.4 is 5.84 Å².